The maximum absolute atomic E-state index is 13.4. The maximum Gasteiger partial charge on any atom is 0.272 e. The number of halogens is 1. The fraction of sp³-hybridized carbons (Fsp3) is 0.0938. The van der Waals surface area contributed by atoms with E-state index < -0.39 is 11.8 Å². The van der Waals surface area contributed by atoms with Crippen LogP contribution in [0.5, 0.6) is 11.5 Å². The summed E-state index contributed by atoms with van der Waals surface area (Å²) in [6.07, 6.45) is 1.52. The largest absolute Gasteiger partial charge is 0.497 e. The molecule has 0 bridgehead atoms. The Morgan fingerprint density at radius 3 is 2.33 bits per heavy atom. The summed E-state index contributed by atoms with van der Waals surface area (Å²) in [7, 11) is 3.07. The van der Waals surface area contributed by atoms with Crippen LogP contribution in [0, 0.1) is 0 Å². The average Bonchev–Trinajstić information content (AvgIpc) is 3.01. The van der Waals surface area contributed by atoms with E-state index in [-0.39, 0.29) is 17.4 Å². The zero-order chi connectivity index (χ0) is 29.9. The second-order valence-electron chi connectivity index (χ2n) is 8.78. The van der Waals surface area contributed by atoms with Gasteiger partial charge in [-0.15, -0.1) is 11.8 Å². The van der Waals surface area contributed by atoms with Crippen LogP contribution >= 0.6 is 23.4 Å². The van der Waals surface area contributed by atoms with Crippen LogP contribution in [-0.4, -0.2) is 37.7 Å². The minimum absolute atomic E-state index is 0.0154. The number of carbonyl (C=O) groups is 3. The van der Waals surface area contributed by atoms with Gasteiger partial charge in [0.2, 0.25) is 5.91 Å². The van der Waals surface area contributed by atoms with Crippen LogP contribution in [0.15, 0.2) is 108 Å². The third-order valence-corrected chi connectivity index (χ3v) is 7.21. The van der Waals surface area contributed by atoms with Crippen molar-refractivity contribution in [3.05, 3.63) is 119 Å². The van der Waals surface area contributed by atoms with E-state index >= 15 is 0 Å². The molecule has 3 N–H and O–H groups in total. The molecule has 3 amide bonds. The topological polar surface area (TPSA) is 106 Å². The minimum Gasteiger partial charge on any atom is -0.497 e. The Bertz CT molecular complexity index is 1610. The van der Waals surface area contributed by atoms with Crippen LogP contribution < -0.4 is 25.4 Å². The fourth-order valence-electron chi connectivity index (χ4n) is 3.80. The number of hydrogen-bond acceptors (Lipinski definition) is 6. The number of anilines is 2. The van der Waals surface area contributed by atoms with Gasteiger partial charge in [0.1, 0.15) is 17.2 Å². The van der Waals surface area contributed by atoms with Gasteiger partial charge in [-0.05, 0) is 60.2 Å². The van der Waals surface area contributed by atoms with Crippen molar-refractivity contribution in [2.45, 2.75) is 4.90 Å². The van der Waals surface area contributed by atoms with E-state index in [9.17, 15) is 14.4 Å². The van der Waals surface area contributed by atoms with Gasteiger partial charge in [0, 0.05) is 27.2 Å². The molecule has 0 aliphatic heterocycles. The van der Waals surface area contributed by atoms with Crippen LogP contribution in [-0.2, 0) is 9.59 Å². The average molecular weight is 602 g/mol. The SMILES string of the molecule is COc1ccc(OC)c(NC(=O)CSc2cccc(NC(=O)/C(=C\c3ccccc3Cl)NC(=O)c3ccccc3)c2)c1. The second kappa shape index (κ2) is 14.8. The zero-order valence-corrected chi connectivity index (χ0v) is 24.4. The lowest BCUT2D eigenvalue weighted by molar-refractivity contribution is -0.114. The summed E-state index contributed by atoms with van der Waals surface area (Å²) in [5.74, 6) is -0.00228. The van der Waals surface area contributed by atoms with Crippen molar-refractivity contribution in [3.8, 4) is 11.5 Å². The number of rotatable bonds is 11. The lowest BCUT2D eigenvalue weighted by Gasteiger charge is -2.13. The second-order valence-corrected chi connectivity index (χ2v) is 10.2. The summed E-state index contributed by atoms with van der Waals surface area (Å²) < 4.78 is 10.5. The van der Waals surface area contributed by atoms with Crippen molar-refractivity contribution in [1.29, 1.82) is 0 Å². The van der Waals surface area contributed by atoms with Crippen LogP contribution in [0.1, 0.15) is 15.9 Å². The van der Waals surface area contributed by atoms with Crippen LogP contribution in [0.2, 0.25) is 5.02 Å². The summed E-state index contributed by atoms with van der Waals surface area (Å²) in [4.78, 5) is 39.7. The van der Waals surface area contributed by atoms with Gasteiger partial charge in [0.15, 0.2) is 0 Å². The monoisotopic (exact) mass is 601 g/mol. The first-order valence-electron chi connectivity index (χ1n) is 12.7. The molecule has 0 atom stereocenters. The molecule has 0 aliphatic rings. The number of carbonyl (C=O) groups excluding carboxylic acids is 3. The normalized spacial score (nSPS) is 10.9. The van der Waals surface area contributed by atoms with Crippen molar-refractivity contribution in [1.82, 2.24) is 5.32 Å². The number of thioether (sulfide) groups is 1. The molecule has 0 fully saturated rings. The van der Waals surface area contributed by atoms with Gasteiger partial charge in [0.05, 0.1) is 25.7 Å². The Morgan fingerprint density at radius 1 is 0.833 bits per heavy atom. The number of amides is 3. The molecule has 0 aromatic heterocycles. The number of hydrogen-bond donors (Lipinski definition) is 3. The van der Waals surface area contributed by atoms with E-state index in [0.29, 0.717) is 39.0 Å². The Hall–Kier alpha value is -4.73. The molecule has 4 aromatic rings. The van der Waals surface area contributed by atoms with Crippen molar-refractivity contribution in [2.75, 3.05) is 30.6 Å². The molecular weight excluding hydrogens is 574 g/mol. The fourth-order valence-corrected chi connectivity index (χ4v) is 4.74. The highest BCUT2D eigenvalue weighted by molar-refractivity contribution is 8.00. The molecule has 0 aliphatic carbocycles. The molecule has 0 radical (unpaired) electrons. The number of nitrogens with one attached hydrogen (secondary N) is 3. The first-order chi connectivity index (χ1) is 20.4. The number of ether oxygens (including phenoxy) is 2. The molecule has 42 heavy (non-hydrogen) atoms. The first-order valence-corrected chi connectivity index (χ1v) is 14.1. The van der Waals surface area contributed by atoms with E-state index in [1.165, 1.54) is 24.9 Å². The Morgan fingerprint density at radius 2 is 1.60 bits per heavy atom. The third kappa shape index (κ3) is 8.39. The van der Waals surface area contributed by atoms with Crippen molar-refractivity contribution >= 4 is 58.5 Å². The van der Waals surface area contributed by atoms with Gasteiger partial charge in [-0.1, -0.05) is 54.1 Å². The molecule has 8 nitrogen and oxygen atoms in total. The van der Waals surface area contributed by atoms with Crippen molar-refractivity contribution < 1.29 is 23.9 Å². The van der Waals surface area contributed by atoms with Crippen molar-refractivity contribution in [2.24, 2.45) is 0 Å². The Labute approximate surface area is 253 Å². The minimum atomic E-state index is -0.538. The van der Waals surface area contributed by atoms with Gasteiger partial charge in [0.25, 0.3) is 11.8 Å². The molecular formula is C32H28ClN3O5S. The predicted octanol–water partition coefficient (Wildman–Crippen LogP) is 6.50. The molecule has 10 heteroatoms. The highest BCUT2D eigenvalue weighted by Gasteiger charge is 2.16. The summed E-state index contributed by atoms with van der Waals surface area (Å²) in [6, 6.07) is 27.8. The predicted molar refractivity (Wildman–Crippen MR) is 167 cm³/mol. The Kier molecular flexibility index (Phi) is 10.6. The molecule has 0 unspecified atom stereocenters. The summed E-state index contributed by atoms with van der Waals surface area (Å²) in [5.41, 5.74) is 1.97. The molecule has 0 saturated heterocycles. The smallest absolute Gasteiger partial charge is 0.272 e. The molecule has 4 rings (SSSR count). The molecule has 0 spiro atoms. The molecule has 214 valence electrons. The lowest BCUT2D eigenvalue weighted by atomic mass is 10.1. The summed E-state index contributed by atoms with van der Waals surface area (Å²) in [5, 5.41) is 8.79. The van der Waals surface area contributed by atoms with Gasteiger partial charge in [-0.3, -0.25) is 14.4 Å². The van der Waals surface area contributed by atoms with Gasteiger partial charge in [-0.25, -0.2) is 0 Å². The van der Waals surface area contributed by atoms with Crippen LogP contribution in [0.25, 0.3) is 6.08 Å². The molecule has 4 aromatic carbocycles. The van der Waals surface area contributed by atoms with Gasteiger partial charge in [-0.2, -0.15) is 0 Å². The molecule has 0 saturated carbocycles. The van der Waals surface area contributed by atoms with Crippen LogP contribution in [0.4, 0.5) is 11.4 Å². The Balaban J connectivity index is 1.45. The number of methoxy groups -OCH3 is 2. The highest BCUT2D eigenvalue weighted by Crippen LogP contribution is 2.29. The summed E-state index contributed by atoms with van der Waals surface area (Å²) >= 11 is 7.61. The van der Waals surface area contributed by atoms with E-state index in [2.05, 4.69) is 16.0 Å². The molecule has 0 heterocycles. The van der Waals surface area contributed by atoms with E-state index in [1.807, 2.05) is 6.07 Å². The van der Waals surface area contributed by atoms with Gasteiger partial charge < -0.3 is 25.4 Å². The van der Waals surface area contributed by atoms with E-state index in [1.54, 1.807) is 98.1 Å². The third-order valence-electron chi connectivity index (χ3n) is 5.88. The van der Waals surface area contributed by atoms with Gasteiger partial charge >= 0.3 is 0 Å². The van der Waals surface area contributed by atoms with Crippen molar-refractivity contribution in [3.63, 3.8) is 0 Å². The van der Waals surface area contributed by atoms with Crippen LogP contribution in [0.3, 0.4) is 0 Å². The zero-order valence-electron chi connectivity index (χ0n) is 22.8. The first kappa shape index (κ1) is 30.2. The lowest BCUT2D eigenvalue weighted by Crippen LogP contribution is -2.30. The summed E-state index contributed by atoms with van der Waals surface area (Å²) in [6.45, 7) is 0. The standard InChI is InChI=1S/C32H28ClN3O5S/c1-40-24-15-16-29(41-2)27(19-24)35-30(37)20-42-25-13-8-12-23(18-25)34-32(39)28(17-22-11-6-7-14-26(22)33)36-31(38)21-9-4-3-5-10-21/h3-19H,20H2,1-2H3,(H,34,39)(H,35,37)(H,36,38)/b28-17+. The maximum atomic E-state index is 13.4. The number of benzene rings is 4. The van der Waals surface area contributed by atoms with E-state index in [4.69, 9.17) is 21.1 Å². The highest BCUT2D eigenvalue weighted by atomic mass is 35.5. The quantitative estimate of drug-likeness (QED) is 0.134. The van der Waals surface area contributed by atoms with E-state index in [0.717, 1.165) is 4.90 Å².